The number of amides is 1. The summed E-state index contributed by atoms with van der Waals surface area (Å²) in [5, 5.41) is 3.53. The van der Waals surface area contributed by atoms with Gasteiger partial charge in [-0.25, -0.2) is 13.1 Å². The smallest absolute Gasteiger partial charge is 0.240 e. The summed E-state index contributed by atoms with van der Waals surface area (Å²) in [6.45, 7) is 1.63. The van der Waals surface area contributed by atoms with Gasteiger partial charge in [-0.05, 0) is 42.7 Å². The Morgan fingerprint density at radius 1 is 0.967 bits per heavy atom. The van der Waals surface area contributed by atoms with E-state index in [1.54, 1.807) is 18.2 Å². The molecule has 1 amide bonds. The highest BCUT2D eigenvalue weighted by atomic mass is 35.5. The van der Waals surface area contributed by atoms with Crippen LogP contribution < -0.4 is 19.5 Å². The average molecular weight is 453 g/mol. The van der Waals surface area contributed by atoms with E-state index in [0.29, 0.717) is 62.1 Å². The molecule has 0 atom stereocenters. The van der Waals surface area contributed by atoms with E-state index < -0.39 is 10.0 Å². The van der Waals surface area contributed by atoms with E-state index in [0.717, 1.165) is 12.0 Å². The predicted octanol–water partition coefficient (Wildman–Crippen LogP) is 3.27. The topological polar surface area (TPSA) is 93.7 Å². The van der Waals surface area contributed by atoms with Crippen LogP contribution >= 0.6 is 11.6 Å². The molecule has 0 unspecified atom stereocenters. The zero-order chi connectivity index (χ0) is 21.4. The number of unbranched alkanes of at least 4 members (excludes halogenated alkanes) is 2. The average Bonchev–Trinajstić information content (AvgIpc) is 2.75. The first-order valence-electron chi connectivity index (χ1n) is 9.84. The highest BCUT2D eigenvalue weighted by molar-refractivity contribution is 7.89. The van der Waals surface area contributed by atoms with E-state index in [4.69, 9.17) is 21.1 Å². The minimum atomic E-state index is -3.61. The minimum absolute atomic E-state index is 0.0261. The van der Waals surface area contributed by atoms with E-state index in [9.17, 15) is 13.2 Å². The molecular weight excluding hydrogens is 428 g/mol. The van der Waals surface area contributed by atoms with Crippen molar-refractivity contribution in [3.8, 4) is 11.5 Å². The first-order valence-corrected chi connectivity index (χ1v) is 11.7. The van der Waals surface area contributed by atoms with Crippen molar-refractivity contribution in [3.63, 3.8) is 0 Å². The van der Waals surface area contributed by atoms with Crippen LogP contribution in [0.2, 0.25) is 5.02 Å². The molecular formula is C21H25ClN2O5S. The monoisotopic (exact) mass is 452 g/mol. The van der Waals surface area contributed by atoms with Crippen molar-refractivity contribution in [2.75, 3.05) is 19.8 Å². The number of benzene rings is 2. The number of halogens is 1. The van der Waals surface area contributed by atoms with Gasteiger partial charge in [-0.15, -0.1) is 0 Å². The molecule has 0 bridgehead atoms. The maximum atomic E-state index is 12.4. The Morgan fingerprint density at radius 2 is 1.70 bits per heavy atom. The quantitative estimate of drug-likeness (QED) is 0.539. The molecule has 0 fully saturated rings. The summed E-state index contributed by atoms with van der Waals surface area (Å²) in [5.74, 6) is 0.963. The summed E-state index contributed by atoms with van der Waals surface area (Å²) in [4.78, 5) is 12.1. The normalized spacial score (nSPS) is 13.1. The Labute approximate surface area is 181 Å². The van der Waals surface area contributed by atoms with Gasteiger partial charge < -0.3 is 14.8 Å². The minimum Gasteiger partial charge on any atom is -0.486 e. The van der Waals surface area contributed by atoms with Crippen molar-refractivity contribution in [1.82, 2.24) is 10.0 Å². The van der Waals surface area contributed by atoms with E-state index in [2.05, 4.69) is 10.0 Å². The maximum absolute atomic E-state index is 12.4. The van der Waals surface area contributed by atoms with Crippen molar-refractivity contribution >= 4 is 27.5 Å². The predicted molar refractivity (Wildman–Crippen MR) is 114 cm³/mol. The van der Waals surface area contributed by atoms with Crippen molar-refractivity contribution in [3.05, 3.63) is 53.1 Å². The molecule has 7 nitrogen and oxygen atoms in total. The second-order valence-electron chi connectivity index (χ2n) is 6.92. The van der Waals surface area contributed by atoms with E-state index in [1.807, 2.05) is 12.1 Å². The molecule has 162 valence electrons. The van der Waals surface area contributed by atoms with Crippen molar-refractivity contribution in [1.29, 1.82) is 0 Å². The van der Waals surface area contributed by atoms with Gasteiger partial charge >= 0.3 is 0 Å². The third-order valence-corrected chi connectivity index (χ3v) is 6.31. The lowest BCUT2D eigenvalue weighted by atomic mass is 10.2. The third kappa shape index (κ3) is 6.62. The molecule has 0 radical (unpaired) electrons. The molecule has 0 spiro atoms. The number of hydrogen-bond donors (Lipinski definition) is 2. The number of nitrogens with one attached hydrogen (secondary N) is 2. The number of rotatable bonds is 10. The van der Waals surface area contributed by atoms with Gasteiger partial charge in [0.2, 0.25) is 15.9 Å². The first kappa shape index (κ1) is 22.4. The number of sulfonamides is 1. The Kier molecular flexibility index (Phi) is 7.95. The van der Waals surface area contributed by atoms with Gasteiger partial charge in [-0.3, -0.25) is 4.79 Å². The lowest BCUT2D eigenvalue weighted by Crippen LogP contribution is -2.25. The fourth-order valence-corrected chi connectivity index (χ4v) is 4.17. The standard InChI is InChI=1S/C21H25ClN2O5S/c22-17-7-5-16(6-8-17)15-23-21(25)4-2-1-3-11-24-30(26,27)18-9-10-19-20(14-18)29-13-12-28-19/h5-10,14,24H,1-4,11-13,15H2,(H,23,25). The molecule has 1 aliphatic rings. The van der Waals surface area contributed by atoms with Crippen LogP contribution in [0.15, 0.2) is 47.4 Å². The van der Waals surface area contributed by atoms with E-state index in [1.165, 1.54) is 12.1 Å². The summed E-state index contributed by atoms with van der Waals surface area (Å²) in [7, 11) is -3.61. The molecule has 0 aliphatic carbocycles. The number of carbonyl (C=O) groups is 1. The highest BCUT2D eigenvalue weighted by Crippen LogP contribution is 2.32. The highest BCUT2D eigenvalue weighted by Gasteiger charge is 2.18. The number of carbonyl (C=O) groups excluding carboxylic acids is 1. The first-order chi connectivity index (χ1) is 14.4. The molecule has 1 aliphatic heterocycles. The summed E-state index contributed by atoms with van der Waals surface area (Å²) in [6.07, 6.45) is 2.49. The number of hydrogen-bond acceptors (Lipinski definition) is 5. The molecule has 2 N–H and O–H groups in total. The SMILES string of the molecule is O=C(CCCCCNS(=O)(=O)c1ccc2c(c1)OCCO2)NCc1ccc(Cl)cc1. The maximum Gasteiger partial charge on any atom is 0.240 e. The molecule has 0 saturated heterocycles. The lowest BCUT2D eigenvalue weighted by molar-refractivity contribution is -0.121. The Bertz CT molecular complexity index is 964. The summed E-state index contributed by atoms with van der Waals surface area (Å²) < 4.78 is 38.3. The van der Waals surface area contributed by atoms with E-state index in [-0.39, 0.29) is 10.8 Å². The van der Waals surface area contributed by atoms with Crippen LogP contribution in [-0.2, 0) is 21.4 Å². The van der Waals surface area contributed by atoms with Gasteiger partial charge in [0.15, 0.2) is 11.5 Å². The molecule has 2 aromatic rings. The fourth-order valence-electron chi connectivity index (χ4n) is 2.96. The second kappa shape index (κ2) is 10.7. The van der Waals surface area contributed by atoms with Crippen LogP contribution in [0, 0.1) is 0 Å². The van der Waals surface area contributed by atoms with E-state index >= 15 is 0 Å². The van der Waals surface area contributed by atoms with Gasteiger partial charge in [0, 0.05) is 30.6 Å². The van der Waals surface area contributed by atoms with Gasteiger partial charge in [0.1, 0.15) is 13.2 Å². The second-order valence-corrected chi connectivity index (χ2v) is 9.12. The molecule has 0 saturated carbocycles. The Morgan fingerprint density at radius 3 is 2.47 bits per heavy atom. The largest absolute Gasteiger partial charge is 0.486 e. The summed E-state index contributed by atoms with van der Waals surface area (Å²) >= 11 is 5.83. The molecule has 0 aromatic heterocycles. The number of fused-ring (bicyclic) bond motifs is 1. The van der Waals surface area contributed by atoms with Crippen LogP contribution in [0.5, 0.6) is 11.5 Å². The molecule has 1 heterocycles. The third-order valence-electron chi connectivity index (χ3n) is 4.60. The molecule has 3 rings (SSSR count). The molecule has 9 heteroatoms. The van der Waals surface area contributed by atoms with Crippen molar-refractivity contribution in [2.24, 2.45) is 0 Å². The Balaban J connectivity index is 1.32. The zero-order valence-corrected chi connectivity index (χ0v) is 18.1. The van der Waals surface area contributed by atoms with Gasteiger partial charge in [-0.1, -0.05) is 30.2 Å². The Hall–Kier alpha value is -2.29. The van der Waals surface area contributed by atoms with Crippen LogP contribution in [-0.4, -0.2) is 34.1 Å². The van der Waals surface area contributed by atoms with Gasteiger partial charge in [-0.2, -0.15) is 0 Å². The van der Waals surface area contributed by atoms with Crippen LogP contribution in [0.3, 0.4) is 0 Å². The molecule has 30 heavy (non-hydrogen) atoms. The van der Waals surface area contributed by atoms with Crippen LogP contribution in [0.4, 0.5) is 0 Å². The van der Waals surface area contributed by atoms with Crippen LogP contribution in [0.25, 0.3) is 0 Å². The molecule has 2 aromatic carbocycles. The van der Waals surface area contributed by atoms with Gasteiger partial charge in [0.05, 0.1) is 4.90 Å². The van der Waals surface area contributed by atoms with Gasteiger partial charge in [0.25, 0.3) is 0 Å². The van der Waals surface area contributed by atoms with Crippen molar-refractivity contribution in [2.45, 2.75) is 37.1 Å². The lowest BCUT2D eigenvalue weighted by Gasteiger charge is -2.18. The van der Waals surface area contributed by atoms with Crippen LogP contribution in [0.1, 0.15) is 31.2 Å². The summed E-state index contributed by atoms with van der Waals surface area (Å²) in [5.41, 5.74) is 0.987. The fraction of sp³-hybridized carbons (Fsp3) is 0.381. The number of ether oxygens (including phenoxy) is 2. The van der Waals surface area contributed by atoms with Crippen molar-refractivity contribution < 1.29 is 22.7 Å². The zero-order valence-electron chi connectivity index (χ0n) is 16.5. The summed E-state index contributed by atoms with van der Waals surface area (Å²) in [6, 6.07) is 11.9.